The number of aryl methyl sites for hydroxylation is 1. The number of para-hydroxylation sites is 1. The lowest BCUT2D eigenvalue weighted by Crippen LogP contribution is -2.76. The zero-order chi connectivity index (χ0) is 19.8. The molecule has 146 valence electrons. The lowest BCUT2D eigenvalue weighted by molar-refractivity contribution is -0.194. The van der Waals surface area contributed by atoms with Crippen molar-refractivity contribution in [2.45, 2.75) is 51.7 Å². The van der Waals surface area contributed by atoms with E-state index >= 15 is 0 Å². The lowest BCUT2D eigenvalue weighted by Gasteiger charge is -2.58. The number of carboxylic acids is 1. The van der Waals surface area contributed by atoms with Crippen LogP contribution in [0.2, 0.25) is 0 Å². The van der Waals surface area contributed by atoms with Crippen LogP contribution in [0.15, 0.2) is 24.3 Å². The van der Waals surface area contributed by atoms with Crippen molar-refractivity contribution in [3.8, 4) is 0 Å². The van der Waals surface area contributed by atoms with Crippen LogP contribution < -0.4 is 10.2 Å². The van der Waals surface area contributed by atoms with Crippen molar-refractivity contribution >= 4 is 23.5 Å². The van der Waals surface area contributed by atoms with E-state index in [0.29, 0.717) is 25.1 Å². The van der Waals surface area contributed by atoms with Crippen LogP contribution in [0.1, 0.15) is 39.2 Å². The van der Waals surface area contributed by atoms with Crippen LogP contribution >= 0.6 is 0 Å². The average Bonchev–Trinajstić information content (AvgIpc) is 2.62. The first-order valence-electron chi connectivity index (χ1n) is 9.27. The van der Waals surface area contributed by atoms with Gasteiger partial charge in [-0.15, -0.1) is 0 Å². The zero-order valence-electron chi connectivity index (χ0n) is 15.9. The fourth-order valence-corrected chi connectivity index (χ4v) is 4.13. The number of ether oxygens (including phenoxy) is 1. The molecule has 7 nitrogen and oxygen atoms in total. The van der Waals surface area contributed by atoms with Crippen LogP contribution in [0, 0.1) is 5.41 Å². The SMILES string of the molecule is CCOC1CC(NC(=O)CN2C(=O)CCc3ccccc32)(C(=O)O)C1(C)C. The van der Waals surface area contributed by atoms with E-state index in [-0.39, 0.29) is 25.0 Å². The maximum Gasteiger partial charge on any atom is 0.330 e. The highest BCUT2D eigenvalue weighted by atomic mass is 16.5. The second-order valence-electron chi connectivity index (χ2n) is 7.74. The highest BCUT2D eigenvalue weighted by Gasteiger charge is 2.66. The van der Waals surface area contributed by atoms with E-state index in [1.54, 1.807) is 13.8 Å². The minimum atomic E-state index is -1.40. The molecule has 1 aromatic rings. The van der Waals surface area contributed by atoms with Crippen molar-refractivity contribution in [2.75, 3.05) is 18.1 Å². The van der Waals surface area contributed by atoms with Gasteiger partial charge in [-0.05, 0) is 25.0 Å². The molecule has 2 unspecified atom stereocenters. The van der Waals surface area contributed by atoms with Gasteiger partial charge in [0, 0.05) is 30.6 Å². The van der Waals surface area contributed by atoms with Crippen molar-refractivity contribution in [1.29, 1.82) is 0 Å². The molecule has 1 saturated carbocycles. The molecule has 0 aromatic heterocycles. The fourth-order valence-electron chi connectivity index (χ4n) is 4.13. The molecule has 1 fully saturated rings. The topological polar surface area (TPSA) is 95.9 Å². The number of benzene rings is 1. The van der Waals surface area contributed by atoms with Gasteiger partial charge < -0.3 is 20.1 Å². The minimum Gasteiger partial charge on any atom is -0.479 e. The summed E-state index contributed by atoms with van der Waals surface area (Å²) in [5, 5.41) is 12.5. The molecule has 0 spiro atoms. The van der Waals surface area contributed by atoms with Crippen molar-refractivity contribution < 1.29 is 24.2 Å². The number of anilines is 1. The number of hydrogen-bond donors (Lipinski definition) is 2. The summed E-state index contributed by atoms with van der Waals surface area (Å²) in [5.74, 6) is -1.69. The third kappa shape index (κ3) is 3.10. The molecule has 0 bridgehead atoms. The van der Waals surface area contributed by atoms with Gasteiger partial charge in [0.2, 0.25) is 11.8 Å². The van der Waals surface area contributed by atoms with Gasteiger partial charge in [0.25, 0.3) is 0 Å². The predicted molar refractivity (Wildman–Crippen MR) is 99.4 cm³/mol. The van der Waals surface area contributed by atoms with Crippen LogP contribution in [0.4, 0.5) is 5.69 Å². The summed E-state index contributed by atoms with van der Waals surface area (Å²) in [6.07, 6.45) is 0.956. The first-order chi connectivity index (χ1) is 12.7. The Hall–Kier alpha value is -2.41. The van der Waals surface area contributed by atoms with Crippen molar-refractivity contribution in [3.05, 3.63) is 29.8 Å². The molecular weight excluding hydrogens is 348 g/mol. The Balaban J connectivity index is 1.77. The van der Waals surface area contributed by atoms with Gasteiger partial charge in [-0.1, -0.05) is 32.0 Å². The standard InChI is InChI=1S/C20H26N2O5/c1-4-27-15-11-20(18(25)26,19(15,2)3)21-16(23)12-22-14-8-6-5-7-13(14)9-10-17(22)24/h5-8,15H,4,9-12H2,1-3H3,(H,21,23)(H,25,26). The number of aliphatic carboxylic acids is 1. The van der Waals surface area contributed by atoms with E-state index in [2.05, 4.69) is 5.32 Å². The highest BCUT2D eigenvalue weighted by molar-refractivity contribution is 6.02. The molecule has 1 aliphatic heterocycles. The molecule has 0 saturated heterocycles. The van der Waals surface area contributed by atoms with Gasteiger partial charge >= 0.3 is 5.97 Å². The quantitative estimate of drug-likeness (QED) is 0.791. The third-order valence-corrected chi connectivity index (χ3v) is 5.98. The number of hydrogen-bond acceptors (Lipinski definition) is 4. The number of rotatable bonds is 6. The summed E-state index contributed by atoms with van der Waals surface area (Å²) >= 11 is 0. The first kappa shape index (κ1) is 19.4. The van der Waals surface area contributed by atoms with Gasteiger partial charge in [-0.25, -0.2) is 4.79 Å². The Kier molecular flexibility index (Phi) is 4.99. The van der Waals surface area contributed by atoms with Crippen molar-refractivity contribution in [3.63, 3.8) is 0 Å². The summed E-state index contributed by atoms with van der Waals surface area (Å²) < 4.78 is 5.61. The normalized spacial score (nSPS) is 26.1. The number of carboxylic acid groups (broad SMARTS) is 1. The van der Waals surface area contributed by atoms with Crippen LogP contribution in [0.3, 0.4) is 0 Å². The molecule has 7 heteroatoms. The van der Waals surface area contributed by atoms with E-state index in [9.17, 15) is 19.5 Å². The number of nitrogens with zero attached hydrogens (tertiary/aromatic N) is 1. The summed E-state index contributed by atoms with van der Waals surface area (Å²) in [5.41, 5.74) is -0.428. The molecule has 1 heterocycles. The van der Waals surface area contributed by atoms with E-state index in [1.807, 2.05) is 31.2 Å². The largest absolute Gasteiger partial charge is 0.479 e. The zero-order valence-corrected chi connectivity index (χ0v) is 15.9. The van der Waals surface area contributed by atoms with Crippen LogP contribution in [0.5, 0.6) is 0 Å². The van der Waals surface area contributed by atoms with E-state index < -0.39 is 22.8 Å². The Morgan fingerprint density at radius 1 is 1.30 bits per heavy atom. The molecule has 1 aliphatic carbocycles. The number of fused-ring (bicyclic) bond motifs is 1. The minimum absolute atomic E-state index is 0.131. The van der Waals surface area contributed by atoms with Crippen LogP contribution in [-0.4, -0.2) is 47.7 Å². The summed E-state index contributed by atoms with van der Waals surface area (Å²) in [4.78, 5) is 38.5. The van der Waals surface area contributed by atoms with Gasteiger partial charge in [-0.2, -0.15) is 0 Å². The molecule has 2 aliphatic rings. The number of carbonyl (C=O) groups is 3. The van der Waals surface area contributed by atoms with Gasteiger partial charge in [0.05, 0.1) is 6.10 Å². The van der Waals surface area contributed by atoms with E-state index in [0.717, 1.165) is 5.56 Å². The van der Waals surface area contributed by atoms with E-state index in [1.165, 1.54) is 4.90 Å². The number of nitrogens with one attached hydrogen (secondary N) is 1. The maximum absolute atomic E-state index is 12.7. The Morgan fingerprint density at radius 2 is 2.00 bits per heavy atom. The predicted octanol–water partition coefficient (Wildman–Crippen LogP) is 1.74. The third-order valence-electron chi connectivity index (χ3n) is 5.98. The Bertz CT molecular complexity index is 775. The first-order valence-corrected chi connectivity index (χ1v) is 9.27. The second-order valence-corrected chi connectivity index (χ2v) is 7.74. The number of carbonyl (C=O) groups excluding carboxylic acids is 2. The number of amides is 2. The van der Waals surface area contributed by atoms with Crippen LogP contribution in [-0.2, 0) is 25.5 Å². The van der Waals surface area contributed by atoms with Gasteiger partial charge in [0.1, 0.15) is 12.1 Å². The molecule has 2 atom stereocenters. The summed E-state index contributed by atoms with van der Waals surface area (Å²) in [7, 11) is 0. The molecular formula is C20H26N2O5. The fraction of sp³-hybridized carbons (Fsp3) is 0.550. The molecule has 3 rings (SSSR count). The average molecular weight is 374 g/mol. The smallest absolute Gasteiger partial charge is 0.330 e. The Morgan fingerprint density at radius 3 is 2.63 bits per heavy atom. The lowest BCUT2D eigenvalue weighted by atomic mass is 9.54. The highest BCUT2D eigenvalue weighted by Crippen LogP contribution is 2.51. The van der Waals surface area contributed by atoms with Crippen molar-refractivity contribution in [2.24, 2.45) is 5.41 Å². The molecule has 1 aromatic carbocycles. The van der Waals surface area contributed by atoms with Gasteiger partial charge in [-0.3, -0.25) is 9.59 Å². The molecule has 2 N–H and O–H groups in total. The monoisotopic (exact) mass is 374 g/mol. The second kappa shape index (κ2) is 6.96. The van der Waals surface area contributed by atoms with Gasteiger partial charge in [0.15, 0.2) is 0 Å². The molecule has 2 amide bonds. The van der Waals surface area contributed by atoms with Crippen LogP contribution in [0.25, 0.3) is 0 Å². The maximum atomic E-state index is 12.7. The summed E-state index contributed by atoms with van der Waals surface area (Å²) in [6.45, 7) is 5.71. The van der Waals surface area contributed by atoms with Crippen molar-refractivity contribution in [1.82, 2.24) is 5.32 Å². The molecule has 0 radical (unpaired) electrons. The van der Waals surface area contributed by atoms with E-state index in [4.69, 9.17) is 4.74 Å². The summed E-state index contributed by atoms with van der Waals surface area (Å²) in [6, 6.07) is 7.47. The Labute approximate surface area is 158 Å². The molecule has 27 heavy (non-hydrogen) atoms.